The molecule has 0 radical (unpaired) electrons. The molecule has 0 saturated heterocycles. The molecule has 0 aliphatic carbocycles. The van der Waals surface area contributed by atoms with Gasteiger partial charge in [0.05, 0.1) is 24.8 Å². The third kappa shape index (κ3) is 9.26. The number of amides is 2. The zero-order valence-electron chi connectivity index (χ0n) is 28.2. The molecule has 0 fully saturated rings. The number of halogens is 2. The number of nitrogens with zero attached hydrogens (tertiary/aromatic N) is 2. The molecule has 4 aromatic carbocycles. The smallest absolute Gasteiger partial charge is 0.264 e. The average Bonchev–Trinajstić information content (AvgIpc) is 3.09. The van der Waals surface area contributed by atoms with Crippen LogP contribution in [0.25, 0.3) is 0 Å². The largest absolute Gasteiger partial charge is 0.493 e. The standard InChI is InChI=1S/C37H41Cl2N3O6S/c1-6-26(3)40-37(44)33(21-27-11-8-7-9-12-27)41(23-30-31(38)13-10-14-32(30)39)36(43)24-42(28-17-20-34(47-4)35(22-28)48-5)49(45,46)29-18-15-25(2)16-19-29/h7-20,22,26,33H,6,21,23-24H2,1-5H3,(H,40,44). The molecule has 4 aromatic rings. The molecule has 9 nitrogen and oxygen atoms in total. The Balaban J connectivity index is 1.88. The highest BCUT2D eigenvalue weighted by Gasteiger charge is 2.36. The van der Waals surface area contributed by atoms with E-state index in [1.54, 1.807) is 36.4 Å². The molecule has 0 heterocycles. The van der Waals surface area contributed by atoms with Crippen LogP contribution in [0.2, 0.25) is 10.0 Å². The Kier molecular flexibility index (Phi) is 13.0. The summed E-state index contributed by atoms with van der Waals surface area (Å²) in [6.07, 6.45) is 0.813. The Bertz CT molecular complexity index is 1840. The Morgan fingerprint density at radius 2 is 1.49 bits per heavy atom. The van der Waals surface area contributed by atoms with E-state index in [0.29, 0.717) is 27.8 Å². The van der Waals surface area contributed by atoms with Gasteiger partial charge in [0, 0.05) is 40.7 Å². The molecule has 0 spiro atoms. The van der Waals surface area contributed by atoms with E-state index in [9.17, 15) is 18.0 Å². The Morgan fingerprint density at radius 3 is 2.08 bits per heavy atom. The van der Waals surface area contributed by atoms with Crippen molar-refractivity contribution >= 4 is 50.7 Å². The van der Waals surface area contributed by atoms with E-state index in [4.69, 9.17) is 32.7 Å². The summed E-state index contributed by atoms with van der Waals surface area (Å²) in [6, 6.07) is 24.0. The van der Waals surface area contributed by atoms with Crippen LogP contribution in [-0.2, 0) is 32.6 Å². The van der Waals surface area contributed by atoms with Gasteiger partial charge in [-0.25, -0.2) is 8.42 Å². The van der Waals surface area contributed by atoms with E-state index in [0.717, 1.165) is 15.4 Å². The fourth-order valence-electron chi connectivity index (χ4n) is 5.20. The van der Waals surface area contributed by atoms with Crippen LogP contribution in [0.1, 0.15) is 37.0 Å². The van der Waals surface area contributed by atoms with Gasteiger partial charge < -0.3 is 19.7 Å². The summed E-state index contributed by atoms with van der Waals surface area (Å²) in [6.45, 7) is 4.85. The molecule has 0 saturated carbocycles. The summed E-state index contributed by atoms with van der Waals surface area (Å²) in [5, 5.41) is 3.62. The van der Waals surface area contributed by atoms with Gasteiger partial charge in [0.2, 0.25) is 11.8 Å². The first-order valence-corrected chi connectivity index (χ1v) is 18.0. The summed E-state index contributed by atoms with van der Waals surface area (Å²) in [5.74, 6) is -0.397. The van der Waals surface area contributed by atoms with Crippen molar-refractivity contribution in [1.82, 2.24) is 10.2 Å². The van der Waals surface area contributed by atoms with E-state index >= 15 is 0 Å². The molecule has 0 aliphatic rings. The third-order valence-corrected chi connectivity index (χ3v) is 10.7. The van der Waals surface area contributed by atoms with Crippen molar-refractivity contribution in [2.24, 2.45) is 0 Å². The minimum atomic E-state index is -4.32. The topological polar surface area (TPSA) is 105 Å². The van der Waals surface area contributed by atoms with Gasteiger partial charge in [-0.05, 0) is 62.2 Å². The maximum Gasteiger partial charge on any atom is 0.264 e. The second kappa shape index (κ2) is 16.9. The fourth-order valence-corrected chi connectivity index (χ4v) is 7.12. The molecular weight excluding hydrogens is 685 g/mol. The molecule has 260 valence electrons. The molecule has 2 atom stereocenters. The molecule has 49 heavy (non-hydrogen) atoms. The summed E-state index contributed by atoms with van der Waals surface area (Å²) in [4.78, 5) is 30.1. The lowest BCUT2D eigenvalue weighted by Gasteiger charge is -2.34. The van der Waals surface area contributed by atoms with Crippen LogP contribution in [0.15, 0.2) is 95.9 Å². The number of methoxy groups -OCH3 is 2. The van der Waals surface area contributed by atoms with Gasteiger partial charge in [-0.15, -0.1) is 0 Å². The van der Waals surface area contributed by atoms with Gasteiger partial charge in [-0.2, -0.15) is 0 Å². The van der Waals surface area contributed by atoms with Crippen molar-refractivity contribution in [2.75, 3.05) is 25.1 Å². The third-order valence-electron chi connectivity index (χ3n) is 8.21. The van der Waals surface area contributed by atoms with Gasteiger partial charge in [0.1, 0.15) is 12.6 Å². The van der Waals surface area contributed by atoms with Crippen molar-refractivity contribution in [2.45, 2.75) is 57.1 Å². The van der Waals surface area contributed by atoms with Gasteiger partial charge in [-0.1, -0.05) is 84.2 Å². The number of aryl methyl sites for hydroxylation is 1. The van der Waals surface area contributed by atoms with Gasteiger partial charge in [0.15, 0.2) is 11.5 Å². The highest BCUT2D eigenvalue weighted by molar-refractivity contribution is 7.92. The highest BCUT2D eigenvalue weighted by Crippen LogP contribution is 2.34. The minimum Gasteiger partial charge on any atom is -0.493 e. The zero-order valence-corrected chi connectivity index (χ0v) is 30.5. The minimum absolute atomic E-state index is 0.0169. The van der Waals surface area contributed by atoms with Gasteiger partial charge in [0.25, 0.3) is 10.0 Å². The Morgan fingerprint density at radius 1 is 0.857 bits per heavy atom. The maximum absolute atomic E-state index is 14.8. The number of carbonyl (C=O) groups excluding carboxylic acids is 2. The van der Waals surface area contributed by atoms with Crippen molar-refractivity contribution < 1.29 is 27.5 Å². The van der Waals surface area contributed by atoms with Crippen molar-refractivity contribution in [3.63, 3.8) is 0 Å². The van der Waals surface area contributed by atoms with Crippen LogP contribution in [0, 0.1) is 6.92 Å². The van der Waals surface area contributed by atoms with Crippen LogP contribution in [0.4, 0.5) is 5.69 Å². The molecule has 2 amide bonds. The molecule has 0 bridgehead atoms. The van der Waals surface area contributed by atoms with Crippen LogP contribution >= 0.6 is 23.2 Å². The number of hydrogen-bond donors (Lipinski definition) is 1. The molecule has 2 unspecified atom stereocenters. The summed E-state index contributed by atoms with van der Waals surface area (Å²) >= 11 is 13.2. The predicted molar refractivity (Wildman–Crippen MR) is 194 cm³/mol. The van der Waals surface area contributed by atoms with Crippen molar-refractivity contribution in [3.8, 4) is 11.5 Å². The second-order valence-electron chi connectivity index (χ2n) is 11.6. The molecule has 12 heteroatoms. The number of benzene rings is 4. The lowest BCUT2D eigenvalue weighted by molar-refractivity contribution is -0.140. The number of carbonyl (C=O) groups is 2. The van der Waals surface area contributed by atoms with Gasteiger partial charge >= 0.3 is 0 Å². The highest BCUT2D eigenvalue weighted by atomic mass is 35.5. The zero-order chi connectivity index (χ0) is 35.7. The number of ether oxygens (including phenoxy) is 2. The summed E-state index contributed by atoms with van der Waals surface area (Å²) in [7, 11) is -1.42. The van der Waals surface area contributed by atoms with E-state index in [2.05, 4.69) is 5.32 Å². The van der Waals surface area contributed by atoms with Crippen molar-refractivity contribution in [3.05, 3.63) is 118 Å². The first-order chi connectivity index (χ1) is 23.4. The van der Waals surface area contributed by atoms with Crippen LogP contribution in [-0.4, -0.2) is 58.0 Å². The predicted octanol–water partition coefficient (Wildman–Crippen LogP) is 7.07. The van der Waals surface area contributed by atoms with Crippen LogP contribution in [0.5, 0.6) is 11.5 Å². The lowest BCUT2D eigenvalue weighted by atomic mass is 10.0. The molecule has 4 rings (SSSR count). The molecule has 1 N–H and O–H groups in total. The Labute approximate surface area is 298 Å². The molecule has 0 aromatic heterocycles. The summed E-state index contributed by atoms with van der Waals surface area (Å²) < 4.78 is 40.6. The maximum atomic E-state index is 14.8. The van der Waals surface area contributed by atoms with Crippen LogP contribution in [0.3, 0.4) is 0 Å². The van der Waals surface area contributed by atoms with E-state index in [1.807, 2.05) is 51.1 Å². The molecular formula is C37H41Cl2N3O6S. The number of rotatable bonds is 15. The number of hydrogen-bond acceptors (Lipinski definition) is 6. The first kappa shape index (κ1) is 37.6. The summed E-state index contributed by atoms with van der Waals surface area (Å²) in [5.41, 5.74) is 2.25. The van der Waals surface area contributed by atoms with Crippen LogP contribution < -0.4 is 19.1 Å². The SMILES string of the molecule is CCC(C)NC(=O)C(Cc1ccccc1)N(Cc1c(Cl)cccc1Cl)C(=O)CN(c1ccc(OC)c(OC)c1)S(=O)(=O)c1ccc(C)cc1. The quantitative estimate of drug-likeness (QED) is 0.141. The first-order valence-electron chi connectivity index (χ1n) is 15.8. The Hall–Kier alpha value is -4.25. The number of nitrogens with one attached hydrogen (secondary N) is 1. The lowest BCUT2D eigenvalue weighted by Crippen LogP contribution is -2.54. The number of anilines is 1. The van der Waals surface area contributed by atoms with E-state index < -0.39 is 34.4 Å². The van der Waals surface area contributed by atoms with E-state index in [1.165, 1.54) is 43.4 Å². The van der Waals surface area contributed by atoms with E-state index in [-0.39, 0.29) is 35.3 Å². The normalized spacial score (nSPS) is 12.5. The fraction of sp³-hybridized carbons (Fsp3) is 0.297. The van der Waals surface area contributed by atoms with Gasteiger partial charge in [-0.3, -0.25) is 13.9 Å². The van der Waals surface area contributed by atoms with Crippen molar-refractivity contribution in [1.29, 1.82) is 0 Å². The molecule has 0 aliphatic heterocycles. The second-order valence-corrected chi connectivity index (χ2v) is 14.3. The monoisotopic (exact) mass is 725 g/mol. The average molecular weight is 727 g/mol. The number of sulfonamides is 1.